The molecule has 2 atom stereocenters. The predicted molar refractivity (Wildman–Crippen MR) is 98.7 cm³/mol. The molecular weight excluding hydrogens is 383 g/mol. The maximum atomic E-state index is 14.2. The molecule has 3 aromatic heterocycles. The van der Waals surface area contributed by atoms with Gasteiger partial charge in [0.25, 0.3) is 5.92 Å². The van der Waals surface area contributed by atoms with E-state index in [2.05, 4.69) is 20.4 Å². The molecule has 1 aliphatic heterocycles. The molecule has 1 amide bonds. The Balaban J connectivity index is 1.70. The Morgan fingerprint density at radius 2 is 2.10 bits per heavy atom. The lowest BCUT2D eigenvalue weighted by Crippen LogP contribution is -2.11. The molecule has 6 nitrogen and oxygen atoms in total. The van der Waals surface area contributed by atoms with Crippen LogP contribution in [-0.4, -0.2) is 31.6 Å². The quantitative estimate of drug-likeness (QED) is 0.726. The van der Waals surface area contributed by atoms with Crippen LogP contribution in [0, 0.1) is 11.7 Å². The maximum Gasteiger partial charge on any atom is 0.275 e. The van der Waals surface area contributed by atoms with Crippen LogP contribution in [-0.2, 0) is 11.2 Å². The highest BCUT2D eigenvalue weighted by atomic mass is 19.3. The number of nitrogens with zero attached hydrogens (tertiary/aromatic N) is 4. The lowest BCUT2D eigenvalue weighted by atomic mass is 9.97. The van der Waals surface area contributed by atoms with Gasteiger partial charge in [-0.1, -0.05) is 0 Å². The van der Waals surface area contributed by atoms with E-state index in [1.165, 1.54) is 29.9 Å². The molecule has 0 aromatic carbocycles. The highest BCUT2D eigenvalue weighted by molar-refractivity contribution is 5.89. The predicted octanol–water partition coefficient (Wildman–Crippen LogP) is 3.86. The zero-order chi connectivity index (χ0) is 20.3. The molecule has 4 heterocycles. The number of aromatic nitrogens is 4. The Morgan fingerprint density at radius 3 is 2.83 bits per heavy atom. The molecule has 0 saturated heterocycles. The van der Waals surface area contributed by atoms with Crippen LogP contribution >= 0.6 is 0 Å². The molecule has 1 aliphatic carbocycles. The third-order valence-corrected chi connectivity index (χ3v) is 5.45. The van der Waals surface area contributed by atoms with Gasteiger partial charge in [-0.3, -0.25) is 14.5 Å². The average molecular weight is 399 g/mol. The lowest BCUT2D eigenvalue weighted by Gasteiger charge is -2.13. The standard InChI is InChI=1S/C20H16F3N5O/c1-10(29)26-16-8-11(6-7-24-16)17-15-5-3-13-19(20(13,22)23)28(15)27-18(17)14-4-2-12(21)9-25-14/h2,4,6-9,13,19H,3,5H2,1H3,(H,24,26,29)/t13-,19+/m0/s1. The number of pyridine rings is 2. The van der Waals surface area contributed by atoms with Crippen LogP contribution < -0.4 is 5.32 Å². The number of carbonyl (C=O) groups is 1. The van der Waals surface area contributed by atoms with Crippen molar-refractivity contribution in [2.75, 3.05) is 5.32 Å². The first-order chi connectivity index (χ1) is 13.9. The highest BCUT2D eigenvalue weighted by Crippen LogP contribution is 2.63. The molecule has 2 aliphatic rings. The second-order valence-electron chi connectivity index (χ2n) is 7.35. The summed E-state index contributed by atoms with van der Waals surface area (Å²) in [5, 5.41) is 7.10. The van der Waals surface area contributed by atoms with Crippen molar-refractivity contribution >= 4 is 11.7 Å². The Kier molecular flexibility index (Phi) is 3.77. The number of halogens is 3. The van der Waals surface area contributed by atoms with Crippen molar-refractivity contribution in [3.8, 4) is 22.5 Å². The van der Waals surface area contributed by atoms with Crippen molar-refractivity contribution in [1.29, 1.82) is 0 Å². The van der Waals surface area contributed by atoms with Gasteiger partial charge in [0.2, 0.25) is 5.91 Å². The van der Waals surface area contributed by atoms with Crippen molar-refractivity contribution in [2.24, 2.45) is 5.92 Å². The van der Waals surface area contributed by atoms with E-state index in [1.54, 1.807) is 12.1 Å². The Labute approximate surface area is 163 Å². The Morgan fingerprint density at radius 1 is 1.28 bits per heavy atom. The summed E-state index contributed by atoms with van der Waals surface area (Å²) in [5.74, 6) is -3.90. The Bertz CT molecular complexity index is 1130. The number of hydrogen-bond donors (Lipinski definition) is 1. The van der Waals surface area contributed by atoms with Gasteiger partial charge in [-0.25, -0.2) is 18.2 Å². The molecule has 29 heavy (non-hydrogen) atoms. The molecule has 0 radical (unpaired) electrons. The molecular formula is C20H16F3N5O. The first kappa shape index (κ1) is 17.8. The van der Waals surface area contributed by atoms with Gasteiger partial charge >= 0.3 is 0 Å². The number of carbonyl (C=O) groups excluding carboxylic acids is 1. The minimum atomic E-state index is -2.78. The number of amides is 1. The van der Waals surface area contributed by atoms with E-state index >= 15 is 0 Å². The summed E-state index contributed by atoms with van der Waals surface area (Å²) in [6, 6.07) is 5.17. The molecule has 148 valence electrons. The fourth-order valence-corrected chi connectivity index (χ4v) is 4.12. The van der Waals surface area contributed by atoms with E-state index in [0.29, 0.717) is 46.9 Å². The summed E-state index contributed by atoms with van der Waals surface area (Å²) in [7, 11) is 0. The van der Waals surface area contributed by atoms with Crippen LogP contribution in [0.3, 0.4) is 0 Å². The van der Waals surface area contributed by atoms with Crippen molar-refractivity contribution in [3.63, 3.8) is 0 Å². The van der Waals surface area contributed by atoms with Gasteiger partial charge in [0.15, 0.2) is 0 Å². The van der Waals surface area contributed by atoms with E-state index < -0.39 is 23.7 Å². The van der Waals surface area contributed by atoms with Gasteiger partial charge in [-0.05, 0) is 42.7 Å². The zero-order valence-corrected chi connectivity index (χ0v) is 15.4. The second kappa shape index (κ2) is 6.13. The largest absolute Gasteiger partial charge is 0.311 e. The lowest BCUT2D eigenvalue weighted by molar-refractivity contribution is -0.114. The minimum absolute atomic E-state index is 0.271. The summed E-state index contributed by atoms with van der Waals surface area (Å²) in [6.07, 6.45) is 3.42. The first-order valence-electron chi connectivity index (χ1n) is 9.21. The van der Waals surface area contributed by atoms with E-state index in [0.717, 1.165) is 6.20 Å². The summed E-state index contributed by atoms with van der Waals surface area (Å²) >= 11 is 0. The van der Waals surface area contributed by atoms with Crippen molar-refractivity contribution in [1.82, 2.24) is 19.7 Å². The number of fused-ring (bicyclic) bond motifs is 3. The van der Waals surface area contributed by atoms with Gasteiger partial charge in [-0.2, -0.15) is 5.10 Å². The monoisotopic (exact) mass is 399 g/mol. The minimum Gasteiger partial charge on any atom is -0.311 e. The normalized spacial score (nSPS) is 21.2. The summed E-state index contributed by atoms with van der Waals surface area (Å²) in [5.41, 5.74) is 2.81. The van der Waals surface area contributed by atoms with Crippen molar-refractivity contribution in [2.45, 2.75) is 31.7 Å². The van der Waals surface area contributed by atoms with Crippen LogP contribution in [0.1, 0.15) is 25.1 Å². The zero-order valence-electron chi connectivity index (χ0n) is 15.4. The van der Waals surface area contributed by atoms with Gasteiger partial charge in [-0.15, -0.1) is 0 Å². The van der Waals surface area contributed by atoms with E-state index in [-0.39, 0.29) is 5.91 Å². The summed E-state index contributed by atoms with van der Waals surface area (Å²) in [6.45, 7) is 1.37. The summed E-state index contributed by atoms with van der Waals surface area (Å²) < 4.78 is 43.2. The first-order valence-corrected chi connectivity index (χ1v) is 9.21. The second-order valence-corrected chi connectivity index (χ2v) is 7.35. The molecule has 3 aromatic rings. The number of rotatable bonds is 3. The van der Waals surface area contributed by atoms with Gasteiger partial charge < -0.3 is 5.32 Å². The maximum absolute atomic E-state index is 14.2. The van der Waals surface area contributed by atoms with Gasteiger partial charge in [0.05, 0.1) is 17.8 Å². The third-order valence-electron chi connectivity index (χ3n) is 5.45. The van der Waals surface area contributed by atoms with Crippen LogP contribution in [0.2, 0.25) is 0 Å². The number of alkyl halides is 2. The molecule has 1 saturated carbocycles. The smallest absolute Gasteiger partial charge is 0.275 e. The van der Waals surface area contributed by atoms with Crippen molar-refractivity contribution in [3.05, 3.63) is 48.2 Å². The summed E-state index contributed by atoms with van der Waals surface area (Å²) in [4.78, 5) is 19.6. The number of anilines is 1. The van der Waals surface area contributed by atoms with Crippen LogP contribution in [0.5, 0.6) is 0 Å². The van der Waals surface area contributed by atoms with Gasteiger partial charge in [0, 0.05) is 24.4 Å². The molecule has 1 fully saturated rings. The molecule has 0 unspecified atom stereocenters. The molecule has 1 N–H and O–H groups in total. The van der Waals surface area contributed by atoms with Crippen LogP contribution in [0.4, 0.5) is 19.0 Å². The molecule has 5 rings (SSSR count). The van der Waals surface area contributed by atoms with Crippen molar-refractivity contribution < 1.29 is 18.0 Å². The van der Waals surface area contributed by atoms with Gasteiger partial charge in [0.1, 0.15) is 23.4 Å². The fourth-order valence-electron chi connectivity index (χ4n) is 4.12. The highest BCUT2D eigenvalue weighted by Gasteiger charge is 2.71. The van der Waals surface area contributed by atoms with Crippen LogP contribution in [0.15, 0.2) is 36.7 Å². The third kappa shape index (κ3) is 2.80. The number of hydrogen-bond acceptors (Lipinski definition) is 4. The fraction of sp³-hybridized carbons (Fsp3) is 0.300. The molecule has 0 bridgehead atoms. The molecule has 0 spiro atoms. The van der Waals surface area contributed by atoms with E-state index in [1.807, 2.05) is 0 Å². The Hall–Kier alpha value is -3.23. The van der Waals surface area contributed by atoms with E-state index in [9.17, 15) is 18.0 Å². The van der Waals surface area contributed by atoms with Crippen LogP contribution in [0.25, 0.3) is 22.5 Å². The SMILES string of the molecule is CC(=O)Nc1cc(-c2c(-c3ccc(F)cn3)nn3c2CC[C@H]2[C@@H]3C2(F)F)ccn1. The average Bonchev–Trinajstić information content (AvgIpc) is 3.06. The number of nitrogens with one attached hydrogen (secondary N) is 1. The van der Waals surface area contributed by atoms with E-state index in [4.69, 9.17) is 0 Å². The topological polar surface area (TPSA) is 72.7 Å². The molecule has 9 heteroatoms.